The van der Waals surface area contributed by atoms with Crippen LogP contribution in [0.25, 0.3) is 11.5 Å². The highest BCUT2D eigenvalue weighted by Crippen LogP contribution is 2.46. The molecule has 0 aliphatic carbocycles. The molecule has 1 amide bonds. The Morgan fingerprint density at radius 3 is 2.57 bits per heavy atom. The van der Waals surface area contributed by atoms with Crippen LogP contribution in [0.4, 0.5) is 0 Å². The summed E-state index contributed by atoms with van der Waals surface area (Å²) in [5, 5.41) is 0. The van der Waals surface area contributed by atoms with Crippen LogP contribution in [0.2, 0.25) is 0 Å². The number of aromatic nitrogens is 1. The minimum absolute atomic E-state index is 0.0384. The summed E-state index contributed by atoms with van der Waals surface area (Å²) in [5.74, 6) is 0.369. The van der Waals surface area contributed by atoms with Crippen molar-refractivity contribution < 1.29 is 23.5 Å². The lowest BCUT2D eigenvalue weighted by Crippen LogP contribution is -2.53. The molecule has 3 fully saturated rings. The van der Waals surface area contributed by atoms with Crippen molar-refractivity contribution >= 4 is 11.9 Å². The first kappa shape index (κ1) is 23.9. The van der Waals surface area contributed by atoms with Gasteiger partial charge in [0, 0.05) is 37.7 Å². The number of benzene rings is 1. The molecule has 0 radical (unpaired) electrons. The zero-order chi connectivity index (χ0) is 24.6. The minimum Gasteiger partial charge on any atom is -0.464 e. The SMILES string of the molecule is CCOc1oc(-c2ccccc2)nc1C(=O)N1CCC(N2CCCC3(C2)CC(C)(C)OC3=O)CC1. The van der Waals surface area contributed by atoms with Gasteiger partial charge >= 0.3 is 11.9 Å². The van der Waals surface area contributed by atoms with Crippen LogP contribution < -0.4 is 4.74 Å². The van der Waals surface area contributed by atoms with Gasteiger partial charge < -0.3 is 18.8 Å². The molecule has 188 valence electrons. The molecule has 1 aromatic carbocycles. The van der Waals surface area contributed by atoms with E-state index in [0.29, 0.717) is 31.6 Å². The Bertz CT molecular complexity index is 1070. The van der Waals surface area contributed by atoms with Gasteiger partial charge in [0.25, 0.3) is 5.91 Å². The molecule has 8 nitrogen and oxygen atoms in total. The van der Waals surface area contributed by atoms with E-state index >= 15 is 0 Å². The van der Waals surface area contributed by atoms with Crippen molar-refractivity contribution in [2.45, 2.75) is 64.5 Å². The van der Waals surface area contributed by atoms with Gasteiger partial charge in [0.2, 0.25) is 11.6 Å². The first-order valence-corrected chi connectivity index (χ1v) is 12.8. The Labute approximate surface area is 206 Å². The number of carbonyl (C=O) groups is 2. The van der Waals surface area contributed by atoms with E-state index in [4.69, 9.17) is 13.9 Å². The van der Waals surface area contributed by atoms with Crippen molar-refractivity contribution in [3.63, 3.8) is 0 Å². The maximum atomic E-state index is 13.4. The van der Waals surface area contributed by atoms with E-state index in [1.54, 1.807) is 0 Å². The predicted molar refractivity (Wildman–Crippen MR) is 130 cm³/mol. The monoisotopic (exact) mass is 481 g/mol. The highest BCUT2D eigenvalue weighted by atomic mass is 16.6. The number of amides is 1. The highest BCUT2D eigenvalue weighted by molar-refractivity contribution is 5.95. The quantitative estimate of drug-likeness (QED) is 0.593. The molecule has 0 bridgehead atoms. The Morgan fingerprint density at radius 2 is 1.91 bits per heavy atom. The van der Waals surface area contributed by atoms with Gasteiger partial charge in [-0.15, -0.1) is 0 Å². The molecule has 8 heteroatoms. The minimum atomic E-state index is -0.385. The average Bonchev–Trinajstić information content (AvgIpc) is 3.37. The summed E-state index contributed by atoms with van der Waals surface area (Å²) in [5.41, 5.74) is 0.274. The van der Waals surface area contributed by atoms with Gasteiger partial charge in [0.1, 0.15) is 5.60 Å². The molecule has 0 saturated carbocycles. The lowest BCUT2D eigenvalue weighted by molar-refractivity contribution is -0.154. The molecule has 2 aromatic rings. The normalized spacial score (nSPS) is 25.1. The molecule has 1 atom stereocenters. The van der Waals surface area contributed by atoms with Crippen LogP contribution in [-0.4, -0.2) is 71.1 Å². The smallest absolute Gasteiger partial charge is 0.319 e. The van der Waals surface area contributed by atoms with Crippen LogP contribution in [0.3, 0.4) is 0 Å². The van der Waals surface area contributed by atoms with E-state index in [9.17, 15) is 9.59 Å². The van der Waals surface area contributed by atoms with E-state index in [2.05, 4.69) is 9.88 Å². The number of esters is 1. The summed E-state index contributed by atoms with van der Waals surface area (Å²) in [6, 6.07) is 9.89. The second-order valence-corrected chi connectivity index (χ2v) is 10.7. The standard InChI is InChI=1S/C27H35N3O5/c1-4-33-24-21(28-22(34-24)19-9-6-5-7-10-19)23(31)29-15-11-20(12-16-29)30-14-8-13-27(18-30)17-26(2,3)35-25(27)32/h5-7,9-10,20H,4,8,11-18H2,1-3H3. The van der Waals surface area contributed by atoms with E-state index < -0.39 is 0 Å². The Hall–Kier alpha value is -2.87. The van der Waals surface area contributed by atoms with Crippen molar-refractivity contribution in [1.82, 2.24) is 14.8 Å². The van der Waals surface area contributed by atoms with E-state index in [0.717, 1.165) is 50.8 Å². The van der Waals surface area contributed by atoms with Crippen LogP contribution in [-0.2, 0) is 9.53 Å². The number of hydrogen-bond donors (Lipinski definition) is 0. The van der Waals surface area contributed by atoms with Crippen molar-refractivity contribution in [2.24, 2.45) is 5.41 Å². The Balaban J connectivity index is 1.25. The van der Waals surface area contributed by atoms with Crippen LogP contribution in [0.5, 0.6) is 5.95 Å². The van der Waals surface area contributed by atoms with Crippen LogP contribution in [0.15, 0.2) is 34.7 Å². The molecule has 3 saturated heterocycles. The number of cyclic esters (lactones) is 1. The van der Waals surface area contributed by atoms with E-state index in [-0.39, 0.29) is 34.5 Å². The van der Waals surface area contributed by atoms with Gasteiger partial charge in [0.05, 0.1) is 12.0 Å². The number of oxazole rings is 1. The lowest BCUT2D eigenvalue weighted by Gasteiger charge is -2.44. The third-order valence-corrected chi connectivity index (χ3v) is 7.54. The van der Waals surface area contributed by atoms with Crippen LogP contribution in [0, 0.1) is 5.41 Å². The molecular weight excluding hydrogens is 446 g/mol. The second kappa shape index (κ2) is 9.30. The van der Waals surface area contributed by atoms with Crippen LogP contribution in [0.1, 0.15) is 63.4 Å². The average molecular weight is 482 g/mol. The molecule has 0 N–H and O–H groups in total. The van der Waals surface area contributed by atoms with E-state index in [1.165, 1.54) is 0 Å². The summed E-state index contributed by atoms with van der Waals surface area (Å²) < 4.78 is 17.1. The fourth-order valence-electron chi connectivity index (χ4n) is 6.03. The molecule has 35 heavy (non-hydrogen) atoms. The number of hydrogen-bond acceptors (Lipinski definition) is 7. The number of carbonyl (C=O) groups excluding carboxylic acids is 2. The number of nitrogens with zero attached hydrogens (tertiary/aromatic N) is 3. The fraction of sp³-hybridized carbons (Fsp3) is 0.593. The molecule has 4 heterocycles. The molecule has 1 unspecified atom stereocenters. The fourth-order valence-corrected chi connectivity index (χ4v) is 6.03. The van der Waals surface area contributed by atoms with Crippen LogP contribution >= 0.6 is 0 Å². The van der Waals surface area contributed by atoms with Crippen molar-refractivity contribution in [2.75, 3.05) is 32.8 Å². The van der Waals surface area contributed by atoms with Crippen molar-refractivity contribution in [3.8, 4) is 17.4 Å². The third-order valence-electron chi connectivity index (χ3n) is 7.54. The topological polar surface area (TPSA) is 85.1 Å². The maximum Gasteiger partial charge on any atom is 0.319 e. The second-order valence-electron chi connectivity index (χ2n) is 10.7. The first-order chi connectivity index (χ1) is 16.8. The Morgan fingerprint density at radius 1 is 1.17 bits per heavy atom. The highest BCUT2D eigenvalue weighted by Gasteiger charge is 2.54. The van der Waals surface area contributed by atoms with E-state index in [1.807, 2.05) is 56.0 Å². The van der Waals surface area contributed by atoms with Gasteiger partial charge in [-0.3, -0.25) is 14.5 Å². The molecule has 3 aliphatic rings. The molecule has 3 aliphatic heterocycles. The van der Waals surface area contributed by atoms with Crippen molar-refractivity contribution in [1.29, 1.82) is 0 Å². The number of rotatable bonds is 5. The van der Waals surface area contributed by atoms with Gasteiger partial charge in [0.15, 0.2) is 0 Å². The molecule has 5 rings (SSSR count). The molecule has 1 aromatic heterocycles. The van der Waals surface area contributed by atoms with Gasteiger partial charge in [-0.1, -0.05) is 18.2 Å². The zero-order valence-electron chi connectivity index (χ0n) is 20.9. The van der Waals surface area contributed by atoms with Gasteiger partial charge in [-0.25, -0.2) is 0 Å². The summed E-state index contributed by atoms with van der Waals surface area (Å²) in [7, 11) is 0. The first-order valence-electron chi connectivity index (χ1n) is 12.8. The maximum absolute atomic E-state index is 13.4. The predicted octanol–water partition coefficient (Wildman–Crippen LogP) is 4.15. The zero-order valence-corrected chi connectivity index (χ0v) is 20.9. The lowest BCUT2D eigenvalue weighted by atomic mass is 9.74. The summed E-state index contributed by atoms with van der Waals surface area (Å²) in [6.07, 6.45) is 4.42. The molecule has 1 spiro atoms. The van der Waals surface area contributed by atoms with Gasteiger partial charge in [-0.05, 0) is 65.1 Å². The Kier molecular flexibility index (Phi) is 6.34. The summed E-state index contributed by atoms with van der Waals surface area (Å²) >= 11 is 0. The number of likely N-dealkylation sites (tertiary alicyclic amines) is 2. The molecular formula is C27H35N3O5. The number of piperidine rings is 2. The summed E-state index contributed by atoms with van der Waals surface area (Å²) in [6.45, 7) is 9.29. The largest absolute Gasteiger partial charge is 0.464 e. The number of ether oxygens (including phenoxy) is 2. The summed E-state index contributed by atoms with van der Waals surface area (Å²) in [4.78, 5) is 35.0. The van der Waals surface area contributed by atoms with Crippen molar-refractivity contribution in [3.05, 3.63) is 36.0 Å². The third kappa shape index (κ3) is 4.68. The van der Waals surface area contributed by atoms with Gasteiger partial charge in [-0.2, -0.15) is 4.98 Å².